The van der Waals surface area contributed by atoms with Gasteiger partial charge >= 0.3 is 12.1 Å². The quantitative estimate of drug-likeness (QED) is 0.455. The van der Waals surface area contributed by atoms with Gasteiger partial charge in [0, 0.05) is 12.5 Å². The molecule has 1 aliphatic rings. The maximum absolute atomic E-state index is 12.4. The van der Waals surface area contributed by atoms with Gasteiger partial charge in [0.15, 0.2) is 5.69 Å². The number of nitrogens with one attached hydrogen (secondary N) is 1. The summed E-state index contributed by atoms with van der Waals surface area (Å²) in [5.41, 5.74) is 4.52. The average molecular weight is 473 g/mol. The number of hydrogen-bond donors (Lipinski definition) is 2. The first-order valence-corrected chi connectivity index (χ1v) is 10.9. The molecule has 0 aliphatic heterocycles. The second-order valence-electron chi connectivity index (χ2n) is 7.88. The molecule has 0 bridgehead atoms. The molecular weight excluding hydrogens is 450 g/mol. The predicted octanol–water partition coefficient (Wildman–Crippen LogP) is 1.98. The molecule has 0 atom stereocenters. The smallest absolute Gasteiger partial charge is 0.407 e. The van der Waals surface area contributed by atoms with E-state index in [0.29, 0.717) is 0 Å². The van der Waals surface area contributed by atoms with Gasteiger partial charge in [-0.05, 0) is 22.3 Å². The zero-order chi connectivity index (χ0) is 24.8. The molecule has 0 fully saturated rings. The molecular formula is C25H23N5O5. The zero-order valence-electron chi connectivity index (χ0n) is 18.8. The molecule has 1 aromatic heterocycles. The number of alkyl carbamates (subject to hydrolysis) is 1. The van der Waals surface area contributed by atoms with Crippen LogP contribution in [0.1, 0.15) is 27.5 Å². The fraction of sp³-hybridized carbons (Fsp3) is 0.240. The van der Waals surface area contributed by atoms with Gasteiger partial charge in [-0.25, -0.2) is 9.48 Å². The molecule has 0 saturated heterocycles. The molecule has 0 unspecified atom stereocenters. The zero-order valence-corrected chi connectivity index (χ0v) is 18.8. The number of carboxylic acid groups (broad SMARTS) is 1. The number of aromatic nitrogens is 3. The highest BCUT2D eigenvalue weighted by Crippen LogP contribution is 2.44. The van der Waals surface area contributed by atoms with Crippen LogP contribution in [0.25, 0.3) is 11.1 Å². The van der Waals surface area contributed by atoms with Crippen LogP contribution < -0.4 is 5.32 Å². The first-order valence-electron chi connectivity index (χ1n) is 10.9. The molecule has 10 heteroatoms. The van der Waals surface area contributed by atoms with Crippen molar-refractivity contribution in [3.63, 3.8) is 0 Å². The highest BCUT2D eigenvalue weighted by Gasteiger charge is 2.29. The van der Waals surface area contributed by atoms with Crippen LogP contribution in [0.5, 0.6) is 0 Å². The number of carbonyl (C=O) groups excluding carboxylic acids is 2. The fourth-order valence-electron chi connectivity index (χ4n) is 4.06. The van der Waals surface area contributed by atoms with Gasteiger partial charge < -0.3 is 20.1 Å². The monoisotopic (exact) mass is 473 g/mol. The minimum absolute atomic E-state index is 0.0335. The summed E-state index contributed by atoms with van der Waals surface area (Å²) in [4.78, 5) is 36.6. The van der Waals surface area contributed by atoms with Crippen LogP contribution in [0.15, 0.2) is 54.7 Å². The van der Waals surface area contributed by atoms with E-state index < -0.39 is 24.5 Å². The number of fused-ring (bicyclic) bond motifs is 3. The van der Waals surface area contributed by atoms with E-state index in [0.717, 1.165) is 27.2 Å². The Hall–Kier alpha value is -4.65. The van der Waals surface area contributed by atoms with Crippen LogP contribution in [-0.4, -0.2) is 69.2 Å². The third kappa shape index (κ3) is 5.30. The van der Waals surface area contributed by atoms with E-state index in [1.165, 1.54) is 10.9 Å². The Kier molecular flexibility index (Phi) is 7.07. The molecule has 1 heterocycles. The largest absolute Gasteiger partial charge is 0.480 e. The maximum atomic E-state index is 12.4. The van der Waals surface area contributed by atoms with E-state index in [1.54, 1.807) is 0 Å². The van der Waals surface area contributed by atoms with Crippen LogP contribution >= 0.6 is 0 Å². The van der Waals surface area contributed by atoms with E-state index in [4.69, 9.17) is 16.3 Å². The predicted molar refractivity (Wildman–Crippen MR) is 125 cm³/mol. The van der Waals surface area contributed by atoms with E-state index in [2.05, 4.69) is 33.7 Å². The van der Waals surface area contributed by atoms with Crippen LogP contribution in [0, 0.1) is 12.3 Å². The lowest BCUT2D eigenvalue weighted by atomic mass is 9.98. The van der Waals surface area contributed by atoms with Gasteiger partial charge in [-0.2, -0.15) is 0 Å². The van der Waals surface area contributed by atoms with Crippen molar-refractivity contribution in [3.8, 4) is 23.5 Å². The molecule has 10 nitrogen and oxygen atoms in total. The number of aliphatic carboxylic acids is 1. The third-order valence-corrected chi connectivity index (χ3v) is 5.61. The van der Waals surface area contributed by atoms with Gasteiger partial charge in [-0.15, -0.1) is 11.5 Å². The van der Waals surface area contributed by atoms with Gasteiger partial charge in [0.1, 0.15) is 13.2 Å². The standard InChI is InChI=1S/C25H23N5O5/c1-2-12-29(15-23(31)32)24(33)22-14-30(28-27-22)13-11-26-25(34)35-16-21-19-9-5-3-7-17(19)18-8-4-6-10-20(18)21/h1,3-10,14,21H,11-13,15-16H2,(H,26,34)(H,31,32). The lowest BCUT2D eigenvalue weighted by molar-refractivity contribution is -0.137. The van der Waals surface area contributed by atoms with Crippen molar-refractivity contribution in [1.29, 1.82) is 0 Å². The van der Waals surface area contributed by atoms with Crippen LogP contribution in [-0.2, 0) is 16.1 Å². The summed E-state index contributed by atoms with van der Waals surface area (Å²) in [7, 11) is 0. The maximum Gasteiger partial charge on any atom is 0.407 e. The number of nitrogens with zero attached hydrogens (tertiary/aromatic N) is 4. The molecule has 2 N–H and O–H groups in total. The lowest BCUT2D eigenvalue weighted by Crippen LogP contribution is -2.36. The number of terminal acetylenes is 1. The topological polar surface area (TPSA) is 127 Å². The van der Waals surface area contributed by atoms with Crippen molar-refractivity contribution in [2.24, 2.45) is 0 Å². The van der Waals surface area contributed by atoms with Crippen molar-refractivity contribution in [3.05, 3.63) is 71.5 Å². The van der Waals surface area contributed by atoms with Gasteiger partial charge in [0.25, 0.3) is 5.91 Å². The van der Waals surface area contributed by atoms with Crippen LogP contribution in [0.2, 0.25) is 0 Å². The molecule has 0 radical (unpaired) electrons. The summed E-state index contributed by atoms with van der Waals surface area (Å²) < 4.78 is 6.85. The van der Waals surface area contributed by atoms with Crippen LogP contribution in [0.4, 0.5) is 4.79 Å². The summed E-state index contributed by atoms with van der Waals surface area (Å²) in [6.45, 7) is -0.0770. The minimum Gasteiger partial charge on any atom is -0.480 e. The number of ether oxygens (including phenoxy) is 1. The second kappa shape index (κ2) is 10.5. The van der Waals surface area contributed by atoms with E-state index in [1.807, 2.05) is 36.4 Å². The summed E-state index contributed by atoms with van der Waals surface area (Å²) in [6, 6.07) is 16.2. The SMILES string of the molecule is C#CCN(CC(=O)O)C(=O)c1cn(CCNC(=O)OCC2c3ccccc3-c3ccccc32)nn1. The Balaban J connectivity index is 1.28. The second-order valence-corrected chi connectivity index (χ2v) is 7.88. The molecule has 3 aromatic rings. The number of carboxylic acids is 1. The summed E-state index contributed by atoms with van der Waals surface area (Å²) in [5, 5.41) is 19.2. The summed E-state index contributed by atoms with van der Waals surface area (Å²) in [6.07, 6.45) is 6.01. The van der Waals surface area contributed by atoms with Gasteiger partial charge in [0.05, 0.1) is 19.3 Å². The number of carbonyl (C=O) groups is 3. The molecule has 178 valence electrons. The Labute approximate surface area is 201 Å². The molecule has 0 spiro atoms. The molecule has 0 saturated carbocycles. The molecule has 1 aliphatic carbocycles. The molecule has 2 amide bonds. The highest BCUT2D eigenvalue weighted by molar-refractivity contribution is 5.94. The first kappa shape index (κ1) is 23.5. The van der Waals surface area contributed by atoms with E-state index >= 15 is 0 Å². The average Bonchev–Trinajstić information content (AvgIpc) is 3.45. The van der Waals surface area contributed by atoms with E-state index in [-0.39, 0.29) is 37.9 Å². The first-order chi connectivity index (χ1) is 17.0. The van der Waals surface area contributed by atoms with Gasteiger partial charge in [0.2, 0.25) is 0 Å². The number of rotatable bonds is 9. The highest BCUT2D eigenvalue weighted by atomic mass is 16.5. The van der Waals surface area contributed by atoms with Crippen molar-refractivity contribution < 1.29 is 24.2 Å². The Morgan fingerprint density at radius 3 is 2.40 bits per heavy atom. The van der Waals surface area contributed by atoms with Crippen molar-refractivity contribution in [2.75, 3.05) is 26.2 Å². The van der Waals surface area contributed by atoms with Crippen molar-refractivity contribution in [1.82, 2.24) is 25.2 Å². The van der Waals surface area contributed by atoms with Gasteiger partial charge in [-0.1, -0.05) is 59.7 Å². The Bertz CT molecular complexity index is 1250. The van der Waals surface area contributed by atoms with Crippen LogP contribution in [0.3, 0.4) is 0 Å². The normalized spacial score (nSPS) is 11.7. The van der Waals surface area contributed by atoms with Gasteiger partial charge in [-0.3, -0.25) is 9.59 Å². The molecule has 4 rings (SSSR count). The Morgan fingerprint density at radius 2 is 1.77 bits per heavy atom. The van der Waals surface area contributed by atoms with Crippen molar-refractivity contribution >= 4 is 18.0 Å². The fourth-order valence-corrected chi connectivity index (χ4v) is 4.06. The lowest BCUT2D eigenvalue weighted by Gasteiger charge is -2.15. The summed E-state index contributed by atoms with van der Waals surface area (Å²) in [5.74, 6) is 0.388. The van der Waals surface area contributed by atoms with Crippen molar-refractivity contribution in [2.45, 2.75) is 12.5 Å². The Morgan fingerprint density at radius 1 is 1.11 bits per heavy atom. The third-order valence-electron chi connectivity index (χ3n) is 5.61. The number of benzene rings is 2. The minimum atomic E-state index is -1.19. The number of amides is 2. The summed E-state index contributed by atoms with van der Waals surface area (Å²) >= 11 is 0. The van der Waals surface area contributed by atoms with E-state index in [9.17, 15) is 14.4 Å². The molecule has 35 heavy (non-hydrogen) atoms. The molecule has 2 aromatic carbocycles. The number of hydrogen-bond acceptors (Lipinski definition) is 6.